The summed E-state index contributed by atoms with van der Waals surface area (Å²) in [5, 5.41) is 7.21. The van der Waals surface area contributed by atoms with Crippen molar-refractivity contribution in [3.63, 3.8) is 0 Å². The first-order valence-electron chi connectivity index (χ1n) is 5.26. The van der Waals surface area contributed by atoms with Crippen LogP contribution in [0, 0.1) is 6.92 Å². The molecule has 2 rings (SSSR count). The van der Waals surface area contributed by atoms with Crippen LogP contribution in [0.1, 0.15) is 17.0 Å². The lowest BCUT2D eigenvalue weighted by atomic mass is 10.1. The van der Waals surface area contributed by atoms with E-state index in [0.717, 1.165) is 5.56 Å². The van der Waals surface area contributed by atoms with E-state index >= 15 is 0 Å². The molecule has 0 bridgehead atoms. The lowest BCUT2D eigenvalue weighted by molar-refractivity contribution is 0.591. The number of aryl methyl sites for hydroxylation is 1. The van der Waals surface area contributed by atoms with Crippen molar-refractivity contribution in [2.24, 2.45) is 7.05 Å². The van der Waals surface area contributed by atoms with E-state index in [-0.39, 0.29) is 5.16 Å². The molecular weight excluding hydrogens is 274 g/mol. The standard InChI is InChI=1S/C11H12ClN3O2S/c1-8-3-5-9(6-4-8)7-10-13-14-11(15(10)2)18(12,16)17/h3-6H,7H2,1-2H3. The second kappa shape index (κ2) is 4.70. The number of rotatable bonds is 3. The summed E-state index contributed by atoms with van der Waals surface area (Å²) in [6.07, 6.45) is 0.510. The van der Waals surface area contributed by atoms with Gasteiger partial charge in [0.05, 0.1) is 0 Å². The Morgan fingerprint density at radius 3 is 2.33 bits per heavy atom. The maximum atomic E-state index is 11.2. The predicted molar refractivity (Wildman–Crippen MR) is 68.0 cm³/mol. The summed E-state index contributed by atoms with van der Waals surface area (Å²) in [4.78, 5) is 0. The summed E-state index contributed by atoms with van der Waals surface area (Å²) < 4.78 is 23.8. The van der Waals surface area contributed by atoms with E-state index in [2.05, 4.69) is 10.2 Å². The molecule has 2 aromatic rings. The molecule has 0 fully saturated rings. The second-order valence-electron chi connectivity index (χ2n) is 4.06. The van der Waals surface area contributed by atoms with Gasteiger partial charge in [-0.1, -0.05) is 29.8 Å². The van der Waals surface area contributed by atoms with Gasteiger partial charge in [0.2, 0.25) is 0 Å². The number of hydrogen-bond donors (Lipinski definition) is 0. The molecule has 0 saturated carbocycles. The van der Waals surface area contributed by atoms with Gasteiger partial charge in [-0.15, -0.1) is 10.2 Å². The van der Waals surface area contributed by atoms with Crippen LogP contribution in [0.5, 0.6) is 0 Å². The van der Waals surface area contributed by atoms with E-state index in [0.29, 0.717) is 12.2 Å². The summed E-state index contributed by atoms with van der Waals surface area (Å²) >= 11 is 0. The van der Waals surface area contributed by atoms with Gasteiger partial charge in [-0.2, -0.15) is 0 Å². The van der Waals surface area contributed by atoms with Crippen LogP contribution >= 0.6 is 10.7 Å². The van der Waals surface area contributed by atoms with E-state index in [1.54, 1.807) is 7.05 Å². The first-order chi connectivity index (χ1) is 8.38. The summed E-state index contributed by atoms with van der Waals surface area (Å²) in [5.74, 6) is 0.554. The second-order valence-corrected chi connectivity index (χ2v) is 6.52. The molecule has 7 heteroatoms. The van der Waals surface area contributed by atoms with Gasteiger partial charge in [-0.3, -0.25) is 0 Å². The van der Waals surface area contributed by atoms with Gasteiger partial charge in [-0.05, 0) is 12.5 Å². The summed E-state index contributed by atoms with van der Waals surface area (Å²) in [6.45, 7) is 2.00. The fourth-order valence-corrected chi connectivity index (χ4v) is 2.57. The number of nitrogens with zero attached hydrogens (tertiary/aromatic N) is 3. The number of hydrogen-bond acceptors (Lipinski definition) is 4. The normalized spacial score (nSPS) is 11.7. The van der Waals surface area contributed by atoms with E-state index < -0.39 is 9.05 Å². The Morgan fingerprint density at radius 2 is 1.83 bits per heavy atom. The van der Waals surface area contributed by atoms with Crippen molar-refractivity contribution >= 4 is 19.7 Å². The van der Waals surface area contributed by atoms with Crippen molar-refractivity contribution in [2.75, 3.05) is 0 Å². The van der Waals surface area contributed by atoms with Crippen molar-refractivity contribution in [3.05, 3.63) is 41.2 Å². The van der Waals surface area contributed by atoms with Crippen LogP contribution in [-0.2, 0) is 22.5 Å². The molecule has 0 spiro atoms. The smallest absolute Gasteiger partial charge is 0.296 e. The van der Waals surface area contributed by atoms with Gasteiger partial charge in [0, 0.05) is 24.2 Å². The zero-order chi connectivity index (χ0) is 13.3. The minimum Gasteiger partial charge on any atom is -0.304 e. The summed E-state index contributed by atoms with van der Waals surface area (Å²) in [5.41, 5.74) is 2.20. The molecule has 18 heavy (non-hydrogen) atoms. The fourth-order valence-electron chi connectivity index (χ4n) is 1.60. The fraction of sp³-hybridized carbons (Fsp3) is 0.273. The van der Waals surface area contributed by atoms with Crippen molar-refractivity contribution in [1.82, 2.24) is 14.8 Å². The summed E-state index contributed by atoms with van der Waals surface area (Å²) in [7, 11) is 2.98. The van der Waals surface area contributed by atoms with E-state index in [9.17, 15) is 8.42 Å². The Bertz CT molecular complexity index is 662. The Balaban J connectivity index is 2.31. The maximum absolute atomic E-state index is 11.2. The van der Waals surface area contributed by atoms with E-state index in [4.69, 9.17) is 10.7 Å². The van der Waals surface area contributed by atoms with Crippen LogP contribution < -0.4 is 0 Å². The molecule has 0 aliphatic carbocycles. The molecule has 0 aliphatic heterocycles. The van der Waals surface area contributed by atoms with Gasteiger partial charge in [0.25, 0.3) is 14.2 Å². The van der Waals surface area contributed by atoms with Crippen molar-refractivity contribution in [3.8, 4) is 0 Å². The largest absolute Gasteiger partial charge is 0.304 e. The van der Waals surface area contributed by atoms with E-state index in [1.807, 2.05) is 31.2 Å². The van der Waals surface area contributed by atoms with Crippen LogP contribution in [0.2, 0.25) is 0 Å². The number of halogens is 1. The predicted octanol–water partition coefficient (Wildman–Crippen LogP) is 1.64. The molecule has 1 aromatic heterocycles. The molecule has 1 aromatic carbocycles. The number of benzene rings is 1. The van der Waals surface area contributed by atoms with Crippen molar-refractivity contribution in [2.45, 2.75) is 18.5 Å². The Morgan fingerprint density at radius 1 is 1.22 bits per heavy atom. The highest BCUT2D eigenvalue weighted by Gasteiger charge is 2.20. The molecule has 0 amide bonds. The van der Waals surface area contributed by atoms with Crippen LogP contribution in [0.15, 0.2) is 29.4 Å². The Kier molecular flexibility index (Phi) is 3.41. The third kappa shape index (κ3) is 2.70. The van der Waals surface area contributed by atoms with Crippen LogP contribution in [0.25, 0.3) is 0 Å². The highest BCUT2D eigenvalue weighted by molar-refractivity contribution is 8.13. The number of aromatic nitrogens is 3. The molecule has 0 radical (unpaired) electrons. The third-order valence-corrected chi connectivity index (χ3v) is 3.83. The molecular formula is C11H12ClN3O2S. The molecule has 0 N–H and O–H groups in total. The van der Waals surface area contributed by atoms with Crippen molar-refractivity contribution in [1.29, 1.82) is 0 Å². The Hall–Kier alpha value is -1.40. The Labute approximate surface area is 110 Å². The third-order valence-electron chi connectivity index (χ3n) is 2.63. The molecule has 0 aliphatic rings. The van der Waals surface area contributed by atoms with Crippen LogP contribution in [0.4, 0.5) is 0 Å². The molecule has 96 valence electrons. The average molecular weight is 286 g/mol. The maximum Gasteiger partial charge on any atom is 0.296 e. The van der Waals surface area contributed by atoms with Gasteiger partial charge >= 0.3 is 0 Å². The van der Waals surface area contributed by atoms with Crippen molar-refractivity contribution < 1.29 is 8.42 Å². The minimum absolute atomic E-state index is 0.230. The van der Waals surface area contributed by atoms with E-state index in [1.165, 1.54) is 10.1 Å². The van der Waals surface area contributed by atoms with Gasteiger partial charge in [0.1, 0.15) is 5.82 Å². The SMILES string of the molecule is Cc1ccc(Cc2nnc(S(=O)(=O)Cl)n2C)cc1. The topological polar surface area (TPSA) is 64.8 Å². The zero-order valence-corrected chi connectivity index (χ0v) is 11.5. The molecule has 0 unspecified atom stereocenters. The molecule has 1 heterocycles. The van der Waals surface area contributed by atoms with Gasteiger partial charge in [-0.25, -0.2) is 8.42 Å². The summed E-state index contributed by atoms with van der Waals surface area (Å²) in [6, 6.07) is 7.92. The monoisotopic (exact) mass is 285 g/mol. The zero-order valence-electron chi connectivity index (χ0n) is 9.96. The molecule has 0 saturated heterocycles. The van der Waals surface area contributed by atoms with Crippen LogP contribution in [-0.4, -0.2) is 23.2 Å². The minimum atomic E-state index is -3.85. The quantitative estimate of drug-likeness (QED) is 0.804. The first-order valence-corrected chi connectivity index (χ1v) is 7.57. The molecule has 5 nitrogen and oxygen atoms in total. The lowest BCUT2D eigenvalue weighted by Gasteiger charge is -2.02. The lowest BCUT2D eigenvalue weighted by Crippen LogP contribution is -2.05. The van der Waals surface area contributed by atoms with Gasteiger partial charge < -0.3 is 4.57 Å². The average Bonchev–Trinajstić information content (AvgIpc) is 2.63. The van der Waals surface area contributed by atoms with Gasteiger partial charge in [0.15, 0.2) is 0 Å². The molecule has 0 atom stereocenters. The highest BCUT2D eigenvalue weighted by Crippen LogP contribution is 2.15. The van der Waals surface area contributed by atoms with Crippen LogP contribution in [0.3, 0.4) is 0 Å². The first kappa shape index (κ1) is 13.0. The highest BCUT2D eigenvalue weighted by atomic mass is 35.7.